The summed E-state index contributed by atoms with van der Waals surface area (Å²) in [5.41, 5.74) is 6.90. The zero-order chi connectivity index (χ0) is 20.1. The fourth-order valence-corrected chi connectivity index (χ4v) is 4.32. The number of thioether (sulfide) groups is 1. The van der Waals surface area contributed by atoms with Gasteiger partial charge < -0.3 is 5.32 Å². The average molecular weight is 390 g/mol. The molecular formula is C25H27NOS. The minimum Gasteiger partial charge on any atom is -0.345 e. The minimum atomic E-state index is -0.0426. The van der Waals surface area contributed by atoms with Crippen molar-refractivity contribution in [2.24, 2.45) is 0 Å². The third kappa shape index (κ3) is 4.85. The van der Waals surface area contributed by atoms with Crippen molar-refractivity contribution in [1.82, 2.24) is 5.32 Å². The number of carbonyl (C=O) groups excluding carboxylic acids is 1. The second-order valence-corrected chi connectivity index (χ2v) is 8.28. The Balaban J connectivity index is 1.75. The van der Waals surface area contributed by atoms with Crippen LogP contribution in [0.3, 0.4) is 0 Å². The first-order chi connectivity index (χ1) is 13.5. The standard InChI is InChI=1S/C25H27NOS/c1-17-14-19(3)23(15-18(17)2)20(4)26-25(27)22-12-8-9-13-24(22)28-16-21-10-6-5-7-11-21/h5-15,20H,16H2,1-4H3,(H,26,27)/t20-/m0/s1. The smallest absolute Gasteiger partial charge is 0.252 e. The Labute approximate surface area is 172 Å². The van der Waals surface area contributed by atoms with E-state index in [1.807, 2.05) is 42.5 Å². The van der Waals surface area contributed by atoms with Crippen molar-refractivity contribution in [3.8, 4) is 0 Å². The molecule has 0 radical (unpaired) electrons. The van der Waals surface area contributed by atoms with Crippen LogP contribution < -0.4 is 5.32 Å². The lowest BCUT2D eigenvalue weighted by molar-refractivity contribution is 0.0937. The molecule has 0 aliphatic heterocycles. The number of hydrogen-bond acceptors (Lipinski definition) is 2. The van der Waals surface area contributed by atoms with Crippen LogP contribution in [-0.2, 0) is 5.75 Å². The van der Waals surface area contributed by atoms with Crippen LogP contribution in [0.5, 0.6) is 0 Å². The molecule has 3 aromatic rings. The van der Waals surface area contributed by atoms with Crippen molar-refractivity contribution < 1.29 is 4.79 Å². The highest BCUT2D eigenvalue weighted by molar-refractivity contribution is 7.98. The van der Waals surface area contributed by atoms with Gasteiger partial charge in [-0.2, -0.15) is 0 Å². The second kappa shape index (κ2) is 9.11. The Morgan fingerprint density at radius 3 is 2.29 bits per heavy atom. The van der Waals surface area contributed by atoms with Gasteiger partial charge in [0, 0.05) is 10.6 Å². The fraction of sp³-hybridized carbons (Fsp3) is 0.240. The van der Waals surface area contributed by atoms with Gasteiger partial charge in [-0.15, -0.1) is 11.8 Å². The molecule has 0 fully saturated rings. The molecule has 3 rings (SSSR count). The topological polar surface area (TPSA) is 29.1 Å². The maximum Gasteiger partial charge on any atom is 0.252 e. The van der Waals surface area contributed by atoms with E-state index in [9.17, 15) is 4.79 Å². The van der Waals surface area contributed by atoms with Crippen LogP contribution in [0.1, 0.15) is 51.1 Å². The molecule has 3 aromatic carbocycles. The first kappa shape index (κ1) is 20.2. The molecular weight excluding hydrogens is 362 g/mol. The Hall–Kier alpha value is -2.52. The van der Waals surface area contributed by atoms with Crippen LogP contribution in [0.4, 0.5) is 0 Å². The van der Waals surface area contributed by atoms with E-state index in [1.165, 1.54) is 27.8 Å². The monoisotopic (exact) mass is 389 g/mol. The van der Waals surface area contributed by atoms with Crippen molar-refractivity contribution in [2.45, 2.75) is 44.4 Å². The molecule has 0 saturated carbocycles. The van der Waals surface area contributed by atoms with Gasteiger partial charge in [0.25, 0.3) is 5.91 Å². The van der Waals surface area contributed by atoms with Crippen LogP contribution in [0.25, 0.3) is 0 Å². The molecule has 0 spiro atoms. The summed E-state index contributed by atoms with van der Waals surface area (Å²) in [5, 5.41) is 3.19. The van der Waals surface area contributed by atoms with Crippen LogP contribution in [0.2, 0.25) is 0 Å². The van der Waals surface area contributed by atoms with Gasteiger partial charge in [-0.1, -0.05) is 54.6 Å². The summed E-state index contributed by atoms with van der Waals surface area (Å²) >= 11 is 1.70. The van der Waals surface area contributed by atoms with E-state index in [4.69, 9.17) is 0 Å². The minimum absolute atomic E-state index is 0.0266. The summed E-state index contributed by atoms with van der Waals surface area (Å²) in [5.74, 6) is 0.818. The summed E-state index contributed by atoms with van der Waals surface area (Å²) in [6, 6.07) is 22.5. The van der Waals surface area contributed by atoms with Crippen LogP contribution in [-0.4, -0.2) is 5.91 Å². The molecule has 28 heavy (non-hydrogen) atoms. The molecule has 1 amide bonds. The molecule has 2 nitrogen and oxygen atoms in total. The summed E-state index contributed by atoms with van der Waals surface area (Å²) in [7, 11) is 0. The van der Waals surface area contributed by atoms with Crippen LogP contribution in [0, 0.1) is 20.8 Å². The lowest BCUT2D eigenvalue weighted by Gasteiger charge is -2.19. The van der Waals surface area contributed by atoms with Gasteiger partial charge in [-0.3, -0.25) is 4.79 Å². The predicted molar refractivity (Wildman–Crippen MR) is 119 cm³/mol. The second-order valence-electron chi connectivity index (χ2n) is 7.26. The zero-order valence-corrected chi connectivity index (χ0v) is 17.8. The molecule has 3 heteroatoms. The van der Waals surface area contributed by atoms with Gasteiger partial charge >= 0.3 is 0 Å². The summed E-state index contributed by atoms with van der Waals surface area (Å²) in [6.45, 7) is 8.39. The van der Waals surface area contributed by atoms with Crippen molar-refractivity contribution >= 4 is 17.7 Å². The maximum atomic E-state index is 13.0. The van der Waals surface area contributed by atoms with E-state index in [0.29, 0.717) is 0 Å². The SMILES string of the molecule is Cc1cc(C)c([C@H](C)NC(=O)c2ccccc2SCc2ccccc2)cc1C. The Morgan fingerprint density at radius 2 is 1.54 bits per heavy atom. The Kier molecular flexibility index (Phi) is 6.58. The molecule has 0 saturated heterocycles. The highest BCUT2D eigenvalue weighted by atomic mass is 32.2. The Morgan fingerprint density at radius 1 is 0.893 bits per heavy atom. The number of benzene rings is 3. The number of aryl methyl sites for hydroxylation is 3. The van der Waals surface area contributed by atoms with Crippen molar-refractivity contribution in [3.05, 3.63) is 100 Å². The van der Waals surface area contributed by atoms with E-state index in [1.54, 1.807) is 11.8 Å². The quantitative estimate of drug-likeness (QED) is 0.495. The number of hydrogen-bond donors (Lipinski definition) is 1. The third-order valence-electron chi connectivity index (χ3n) is 5.07. The van der Waals surface area contributed by atoms with Gasteiger partial charge in [0.1, 0.15) is 0 Å². The number of carbonyl (C=O) groups is 1. The van der Waals surface area contributed by atoms with E-state index in [0.717, 1.165) is 16.2 Å². The maximum absolute atomic E-state index is 13.0. The molecule has 0 aliphatic carbocycles. The number of amides is 1. The predicted octanol–water partition coefficient (Wildman–Crippen LogP) is 6.40. The largest absolute Gasteiger partial charge is 0.345 e. The molecule has 1 atom stereocenters. The summed E-state index contributed by atoms with van der Waals surface area (Å²) in [6.07, 6.45) is 0. The lowest BCUT2D eigenvalue weighted by Crippen LogP contribution is -2.27. The van der Waals surface area contributed by atoms with Crippen molar-refractivity contribution in [1.29, 1.82) is 0 Å². The highest BCUT2D eigenvalue weighted by Crippen LogP contribution is 2.27. The van der Waals surface area contributed by atoms with Gasteiger partial charge in [0.2, 0.25) is 0 Å². The van der Waals surface area contributed by atoms with Crippen LogP contribution in [0.15, 0.2) is 71.6 Å². The van der Waals surface area contributed by atoms with Crippen LogP contribution >= 0.6 is 11.8 Å². The molecule has 0 bridgehead atoms. The van der Waals surface area contributed by atoms with Gasteiger partial charge in [0.05, 0.1) is 11.6 Å². The van der Waals surface area contributed by atoms with E-state index in [-0.39, 0.29) is 11.9 Å². The third-order valence-corrected chi connectivity index (χ3v) is 6.21. The summed E-state index contributed by atoms with van der Waals surface area (Å²) in [4.78, 5) is 14.0. The van der Waals surface area contributed by atoms with Crippen molar-refractivity contribution in [2.75, 3.05) is 0 Å². The molecule has 0 aromatic heterocycles. The zero-order valence-electron chi connectivity index (χ0n) is 17.0. The van der Waals surface area contributed by atoms with Gasteiger partial charge in [-0.05, 0) is 67.6 Å². The fourth-order valence-electron chi connectivity index (χ4n) is 3.32. The van der Waals surface area contributed by atoms with Gasteiger partial charge in [0.15, 0.2) is 0 Å². The summed E-state index contributed by atoms with van der Waals surface area (Å²) < 4.78 is 0. The molecule has 0 unspecified atom stereocenters. The molecule has 0 heterocycles. The van der Waals surface area contributed by atoms with E-state index >= 15 is 0 Å². The number of rotatable bonds is 6. The van der Waals surface area contributed by atoms with E-state index < -0.39 is 0 Å². The highest BCUT2D eigenvalue weighted by Gasteiger charge is 2.16. The number of nitrogens with one attached hydrogen (secondary N) is 1. The first-order valence-electron chi connectivity index (χ1n) is 9.60. The molecule has 0 aliphatic rings. The lowest BCUT2D eigenvalue weighted by atomic mass is 9.96. The normalized spacial score (nSPS) is 11.9. The average Bonchev–Trinajstić information content (AvgIpc) is 2.70. The van der Waals surface area contributed by atoms with Crippen molar-refractivity contribution in [3.63, 3.8) is 0 Å². The molecule has 144 valence electrons. The first-order valence-corrected chi connectivity index (χ1v) is 10.6. The molecule has 1 N–H and O–H groups in total. The Bertz CT molecular complexity index is 966. The van der Waals surface area contributed by atoms with E-state index in [2.05, 4.69) is 57.3 Å². The van der Waals surface area contributed by atoms with Gasteiger partial charge in [-0.25, -0.2) is 0 Å².